The summed E-state index contributed by atoms with van der Waals surface area (Å²) in [4.78, 5) is 0. The van der Waals surface area contributed by atoms with Gasteiger partial charge in [-0.2, -0.15) is 10.1 Å². The Labute approximate surface area is 116 Å². The Morgan fingerprint density at radius 3 is 1.74 bits per heavy atom. The third-order valence-electron chi connectivity index (χ3n) is 4.54. The highest BCUT2D eigenvalue weighted by Crippen LogP contribution is 2.44. The minimum Gasteiger partial charge on any atom is -0.359 e. The van der Waals surface area contributed by atoms with Gasteiger partial charge in [-0.25, -0.2) is 0 Å². The van der Waals surface area contributed by atoms with Gasteiger partial charge in [0.15, 0.2) is 0 Å². The Morgan fingerprint density at radius 1 is 0.895 bits per heavy atom. The van der Waals surface area contributed by atoms with Crippen LogP contribution in [0, 0.1) is 5.92 Å². The minimum atomic E-state index is -0.338. The molecule has 0 radical (unpaired) electrons. The zero-order valence-corrected chi connectivity index (χ0v) is 13.0. The smallest absolute Gasteiger partial charge is 0.136 e. The largest absolute Gasteiger partial charge is 0.359 e. The molecular formula is C14H28N2O3. The molecule has 2 aliphatic heterocycles. The molecule has 2 aliphatic rings. The van der Waals surface area contributed by atoms with Crippen molar-refractivity contribution in [1.82, 2.24) is 10.1 Å². The summed E-state index contributed by atoms with van der Waals surface area (Å²) in [6.45, 7) is 12.6. The van der Waals surface area contributed by atoms with Gasteiger partial charge in [-0.05, 0) is 54.4 Å². The standard InChI is InChI=1S/C14H28N2O3/c1-12(2)7-10(8-13(3,4)16(12)18)11-15(17)14(5,6)9-19-11/h10-11,17-18H,7-9H2,1-6H3. The van der Waals surface area contributed by atoms with E-state index in [1.807, 2.05) is 41.5 Å². The molecule has 0 amide bonds. The molecule has 2 rings (SSSR count). The molecule has 0 spiro atoms. The Kier molecular flexibility index (Phi) is 3.52. The normalized spacial score (nSPS) is 35.7. The lowest BCUT2D eigenvalue weighted by Crippen LogP contribution is -2.61. The Morgan fingerprint density at radius 2 is 1.37 bits per heavy atom. The first kappa shape index (κ1) is 15.2. The molecule has 1 atom stereocenters. The molecule has 1 unspecified atom stereocenters. The fraction of sp³-hybridized carbons (Fsp3) is 1.00. The number of nitrogens with zero attached hydrogens (tertiary/aromatic N) is 2. The second-order valence-corrected chi connectivity index (χ2v) is 7.96. The molecule has 2 fully saturated rings. The van der Waals surface area contributed by atoms with Crippen LogP contribution in [-0.2, 0) is 4.74 Å². The monoisotopic (exact) mass is 272 g/mol. The second kappa shape index (κ2) is 4.40. The van der Waals surface area contributed by atoms with Crippen LogP contribution in [0.5, 0.6) is 0 Å². The summed E-state index contributed by atoms with van der Waals surface area (Å²) in [6.07, 6.45) is 1.32. The van der Waals surface area contributed by atoms with E-state index in [9.17, 15) is 10.4 Å². The molecule has 0 aromatic heterocycles. The van der Waals surface area contributed by atoms with Crippen molar-refractivity contribution in [2.24, 2.45) is 5.92 Å². The molecule has 0 aliphatic carbocycles. The summed E-state index contributed by atoms with van der Waals surface area (Å²) >= 11 is 0. The molecule has 2 heterocycles. The van der Waals surface area contributed by atoms with Crippen LogP contribution in [0.25, 0.3) is 0 Å². The van der Waals surface area contributed by atoms with E-state index in [1.54, 1.807) is 0 Å². The number of hydroxylamine groups is 4. The Bertz CT molecular complexity index is 337. The van der Waals surface area contributed by atoms with E-state index in [0.717, 1.165) is 12.8 Å². The van der Waals surface area contributed by atoms with Crippen molar-refractivity contribution in [2.75, 3.05) is 6.61 Å². The van der Waals surface area contributed by atoms with Crippen molar-refractivity contribution in [3.63, 3.8) is 0 Å². The lowest BCUT2D eigenvalue weighted by Gasteiger charge is -2.52. The second-order valence-electron chi connectivity index (χ2n) is 7.96. The van der Waals surface area contributed by atoms with Crippen molar-refractivity contribution in [1.29, 1.82) is 0 Å². The number of hydrogen-bond acceptors (Lipinski definition) is 5. The number of ether oxygens (including phenoxy) is 1. The van der Waals surface area contributed by atoms with Crippen molar-refractivity contribution in [2.45, 2.75) is 77.2 Å². The number of hydrogen-bond donors (Lipinski definition) is 2. The van der Waals surface area contributed by atoms with Gasteiger partial charge in [-0.15, -0.1) is 0 Å². The van der Waals surface area contributed by atoms with Crippen LogP contribution in [0.15, 0.2) is 0 Å². The quantitative estimate of drug-likeness (QED) is 0.768. The maximum atomic E-state index is 10.3. The average molecular weight is 272 g/mol. The van der Waals surface area contributed by atoms with E-state index in [2.05, 4.69) is 0 Å². The van der Waals surface area contributed by atoms with E-state index in [1.165, 1.54) is 10.1 Å². The van der Waals surface area contributed by atoms with Crippen LogP contribution in [0.1, 0.15) is 54.4 Å². The summed E-state index contributed by atoms with van der Waals surface area (Å²) in [5.74, 6) is 0.208. The van der Waals surface area contributed by atoms with Gasteiger partial charge in [0, 0.05) is 17.0 Å². The SMILES string of the molecule is CC1(C)COC(C2CC(C)(C)N(O)C(C)(C)C2)N1O. The van der Waals surface area contributed by atoms with Gasteiger partial charge in [-0.3, -0.25) is 0 Å². The van der Waals surface area contributed by atoms with E-state index in [0.29, 0.717) is 6.61 Å². The highest BCUT2D eigenvalue weighted by Gasteiger charge is 2.52. The molecule has 0 bridgehead atoms. The molecule has 112 valence electrons. The van der Waals surface area contributed by atoms with Gasteiger partial charge in [0.25, 0.3) is 0 Å². The Hall–Kier alpha value is -0.200. The topological polar surface area (TPSA) is 56.2 Å². The molecule has 2 saturated heterocycles. The molecular weight excluding hydrogens is 244 g/mol. The average Bonchev–Trinajstić information content (AvgIpc) is 2.50. The van der Waals surface area contributed by atoms with Gasteiger partial charge >= 0.3 is 0 Å². The van der Waals surface area contributed by atoms with Gasteiger partial charge < -0.3 is 15.2 Å². The van der Waals surface area contributed by atoms with Crippen LogP contribution in [-0.4, -0.2) is 50.0 Å². The maximum Gasteiger partial charge on any atom is 0.136 e. The predicted octanol–water partition coefficient (Wildman–Crippen LogP) is 2.47. The van der Waals surface area contributed by atoms with E-state index < -0.39 is 0 Å². The predicted molar refractivity (Wildman–Crippen MR) is 72.0 cm³/mol. The van der Waals surface area contributed by atoms with Crippen LogP contribution >= 0.6 is 0 Å². The molecule has 19 heavy (non-hydrogen) atoms. The highest BCUT2D eigenvalue weighted by atomic mass is 16.6. The molecule has 0 aromatic rings. The number of rotatable bonds is 1. The summed E-state index contributed by atoms with van der Waals surface area (Å²) in [6, 6.07) is 0. The van der Waals surface area contributed by atoms with Crippen molar-refractivity contribution in [3.05, 3.63) is 0 Å². The molecule has 0 aromatic carbocycles. The van der Waals surface area contributed by atoms with Gasteiger partial charge in [0.1, 0.15) is 6.23 Å². The number of piperidine rings is 1. The summed E-state index contributed by atoms with van der Waals surface area (Å²) in [5.41, 5.74) is -0.970. The van der Waals surface area contributed by atoms with E-state index in [-0.39, 0.29) is 28.8 Å². The van der Waals surface area contributed by atoms with Gasteiger partial charge in [-0.1, -0.05) is 0 Å². The summed E-state index contributed by atoms with van der Waals surface area (Å²) in [5, 5.41) is 23.4. The molecule has 2 N–H and O–H groups in total. The van der Waals surface area contributed by atoms with Gasteiger partial charge in [0.05, 0.1) is 12.1 Å². The highest BCUT2D eigenvalue weighted by molar-refractivity contribution is 4.99. The van der Waals surface area contributed by atoms with Crippen LogP contribution in [0.4, 0.5) is 0 Å². The molecule has 5 heteroatoms. The van der Waals surface area contributed by atoms with Crippen LogP contribution < -0.4 is 0 Å². The summed E-state index contributed by atoms with van der Waals surface area (Å²) < 4.78 is 5.82. The third-order valence-corrected chi connectivity index (χ3v) is 4.54. The maximum absolute atomic E-state index is 10.3. The van der Waals surface area contributed by atoms with Crippen molar-refractivity contribution in [3.8, 4) is 0 Å². The molecule has 0 saturated carbocycles. The fourth-order valence-electron chi connectivity index (χ4n) is 3.66. The Balaban J connectivity index is 2.19. The van der Waals surface area contributed by atoms with E-state index in [4.69, 9.17) is 4.74 Å². The first-order valence-corrected chi connectivity index (χ1v) is 7.06. The zero-order valence-electron chi connectivity index (χ0n) is 13.0. The first-order valence-electron chi connectivity index (χ1n) is 7.06. The van der Waals surface area contributed by atoms with Gasteiger partial charge in [0.2, 0.25) is 0 Å². The zero-order chi connectivity index (χ0) is 14.6. The van der Waals surface area contributed by atoms with Crippen molar-refractivity contribution >= 4 is 0 Å². The fourth-order valence-corrected chi connectivity index (χ4v) is 3.66. The molecule has 5 nitrogen and oxygen atoms in total. The lowest BCUT2D eigenvalue weighted by atomic mass is 9.74. The third kappa shape index (κ3) is 2.54. The van der Waals surface area contributed by atoms with E-state index >= 15 is 0 Å². The lowest BCUT2D eigenvalue weighted by molar-refractivity contribution is -0.276. The van der Waals surface area contributed by atoms with Crippen LogP contribution in [0.2, 0.25) is 0 Å². The first-order chi connectivity index (χ1) is 8.47. The van der Waals surface area contributed by atoms with Crippen LogP contribution in [0.3, 0.4) is 0 Å². The minimum absolute atomic E-state index is 0.208. The summed E-state index contributed by atoms with van der Waals surface area (Å²) in [7, 11) is 0. The van der Waals surface area contributed by atoms with Crippen molar-refractivity contribution < 1.29 is 15.2 Å².